The van der Waals surface area contributed by atoms with Crippen molar-refractivity contribution >= 4 is 51.6 Å². The van der Waals surface area contributed by atoms with Crippen LogP contribution in [0, 0.1) is 3.57 Å². The minimum atomic E-state index is -0.631. The van der Waals surface area contributed by atoms with Crippen molar-refractivity contribution in [1.29, 1.82) is 0 Å². The molecule has 1 atom stereocenters. The number of rotatable bonds is 5. The van der Waals surface area contributed by atoms with Crippen molar-refractivity contribution in [3.63, 3.8) is 0 Å². The molecule has 1 aromatic heterocycles. The van der Waals surface area contributed by atoms with Gasteiger partial charge in [0.25, 0.3) is 11.5 Å². The zero-order valence-electron chi connectivity index (χ0n) is 19.6. The van der Waals surface area contributed by atoms with Gasteiger partial charge in [-0.25, -0.2) is 4.99 Å². The molecule has 5 rings (SSSR count). The number of nitrogens with zero attached hydrogens (tertiary/aromatic N) is 2. The maximum atomic E-state index is 13.7. The van der Waals surface area contributed by atoms with Crippen LogP contribution in [0.4, 0.5) is 5.69 Å². The third-order valence-corrected chi connectivity index (χ3v) is 7.53. The summed E-state index contributed by atoms with van der Waals surface area (Å²) in [5.41, 5.74) is 3.23. The Balaban J connectivity index is 1.68. The molecule has 1 amide bonds. The molecule has 0 bridgehead atoms. The number of nitrogens with one attached hydrogen (secondary N) is 1. The number of methoxy groups -OCH3 is 1. The maximum Gasteiger partial charge on any atom is 0.271 e. The van der Waals surface area contributed by atoms with E-state index >= 15 is 0 Å². The fourth-order valence-electron chi connectivity index (χ4n) is 4.18. The number of ether oxygens (including phenoxy) is 1. The van der Waals surface area contributed by atoms with E-state index < -0.39 is 6.04 Å². The summed E-state index contributed by atoms with van der Waals surface area (Å²) in [6.07, 6.45) is 1.88. The van der Waals surface area contributed by atoms with Crippen LogP contribution in [-0.2, 0) is 4.79 Å². The van der Waals surface area contributed by atoms with E-state index in [0.717, 1.165) is 14.7 Å². The predicted molar refractivity (Wildman–Crippen MR) is 151 cm³/mol. The third kappa shape index (κ3) is 4.78. The summed E-state index contributed by atoms with van der Waals surface area (Å²) in [5.74, 6) is 0.399. The van der Waals surface area contributed by atoms with Crippen molar-refractivity contribution in [2.45, 2.75) is 13.0 Å². The minimum Gasteiger partial charge on any atom is -0.497 e. The number of benzene rings is 3. The molecule has 180 valence electrons. The number of anilines is 1. The summed E-state index contributed by atoms with van der Waals surface area (Å²) in [5, 5.41) is 2.97. The van der Waals surface area contributed by atoms with E-state index in [4.69, 9.17) is 9.73 Å². The van der Waals surface area contributed by atoms with Gasteiger partial charge in [0.15, 0.2) is 4.80 Å². The highest BCUT2D eigenvalue weighted by atomic mass is 127. The fourth-order valence-corrected chi connectivity index (χ4v) is 5.79. The Bertz CT molecular complexity index is 1650. The van der Waals surface area contributed by atoms with Gasteiger partial charge in [-0.3, -0.25) is 14.2 Å². The number of carbonyl (C=O) groups excluding carboxylic acids is 1. The summed E-state index contributed by atoms with van der Waals surface area (Å²) in [6.45, 7) is 1.81. The first-order chi connectivity index (χ1) is 17.4. The molecular formula is C28H22IN3O3S. The molecule has 0 unspecified atom stereocenters. The van der Waals surface area contributed by atoms with Crippen molar-refractivity contribution in [1.82, 2.24) is 4.57 Å². The number of halogens is 1. The van der Waals surface area contributed by atoms with Gasteiger partial charge in [0, 0.05) is 9.26 Å². The summed E-state index contributed by atoms with van der Waals surface area (Å²) in [6, 6.07) is 24.0. The molecule has 1 aliphatic heterocycles. The number of aromatic nitrogens is 1. The number of hydrogen-bond acceptors (Lipinski definition) is 5. The summed E-state index contributed by atoms with van der Waals surface area (Å²) < 4.78 is 8.59. The molecule has 1 N–H and O–H groups in total. The second kappa shape index (κ2) is 10.2. The predicted octanol–water partition coefficient (Wildman–Crippen LogP) is 4.49. The Morgan fingerprint density at radius 3 is 2.53 bits per heavy atom. The van der Waals surface area contributed by atoms with Crippen molar-refractivity contribution in [2.24, 2.45) is 4.99 Å². The smallest absolute Gasteiger partial charge is 0.271 e. The Morgan fingerprint density at radius 1 is 1.08 bits per heavy atom. The van der Waals surface area contributed by atoms with Crippen LogP contribution in [0.15, 0.2) is 99.9 Å². The normalized spacial score (nSPS) is 15.3. The largest absolute Gasteiger partial charge is 0.497 e. The molecule has 6 nitrogen and oxygen atoms in total. The quantitative estimate of drug-likeness (QED) is 0.340. The third-order valence-electron chi connectivity index (χ3n) is 5.88. The number of allylic oxidation sites excluding steroid dienone is 1. The molecule has 0 saturated heterocycles. The van der Waals surface area contributed by atoms with E-state index in [9.17, 15) is 9.59 Å². The molecule has 8 heteroatoms. The van der Waals surface area contributed by atoms with E-state index in [-0.39, 0.29) is 11.5 Å². The van der Waals surface area contributed by atoms with Gasteiger partial charge < -0.3 is 10.1 Å². The van der Waals surface area contributed by atoms with E-state index in [2.05, 4.69) is 27.9 Å². The molecule has 36 heavy (non-hydrogen) atoms. The average Bonchev–Trinajstić information content (AvgIpc) is 3.18. The van der Waals surface area contributed by atoms with E-state index in [1.165, 1.54) is 11.3 Å². The number of para-hydroxylation sites is 1. The molecule has 0 spiro atoms. The topological polar surface area (TPSA) is 72.7 Å². The lowest BCUT2D eigenvalue weighted by atomic mass is 9.95. The zero-order valence-corrected chi connectivity index (χ0v) is 22.5. The monoisotopic (exact) mass is 607 g/mol. The highest BCUT2D eigenvalue weighted by Gasteiger charge is 2.32. The van der Waals surface area contributed by atoms with Gasteiger partial charge >= 0.3 is 0 Å². The van der Waals surface area contributed by atoms with Gasteiger partial charge in [0.1, 0.15) is 5.75 Å². The van der Waals surface area contributed by atoms with Gasteiger partial charge in [-0.15, -0.1) is 0 Å². The van der Waals surface area contributed by atoms with Gasteiger partial charge in [0.05, 0.1) is 29.0 Å². The Labute approximate surface area is 225 Å². The second-order valence-electron chi connectivity index (χ2n) is 8.23. The van der Waals surface area contributed by atoms with Crippen LogP contribution >= 0.6 is 33.9 Å². The maximum absolute atomic E-state index is 13.7. The SMILES string of the molecule is COc1ccc([C@@H]2C(C(=O)Nc3ccccc3)=C(C)N=c3s/c(=C/c4cccc(I)c4)c(=O)n32)cc1. The van der Waals surface area contributed by atoms with Crippen LogP contribution in [-0.4, -0.2) is 17.6 Å². The lowest BCUT2D eigenvalue weighted by Gasteiger charge is -2.25. The minimum absolute atomic E-state index is 0.184. The summed E-state index contributed by atoms with van der Waals surface area (Å²) in [7, 11) is 1.60. The van der Waals surface area contributed by atoms with Crippen molar-refractivity contribution < 1.29 is 9.53 Å². The first-order valence-electron chi connectivity index (χ1n) is 11.2. The average molecular weight is 607 g/mol. The summed E-state index contributed by atoms with van der Waals surface area (Å²) >= 11 is 3.58. The summed E-state index contributed by atoms with van der Waals surface area (Å²) in [4.78, 5) is 32.6. The van der Waals surface area contributed by atoms with Gasteiger partial charge in [-0.05, 0) is 83.1 Å². The number of thiazole rings is 1. The molecule has 1 aliphatic rings. The van der Waals surface area contributed by atoms with Crippen LogP contribution in [0.5, 0.6) is 5.75 Å². The van der Waals surface area contributed by atoms with Crippen LogP contribution in [0.1, 0.15) is 24.1 Å². The van der Waals surface area contributed by atoms with Crippen LogP contribution in [0.25, 0.3) is 6.08 Å². The van der Waals surface area contributed by atoms with Crippen LogP contribution in [0.3, 0.4) is 0 Å². The fraction of sp³-hybridized carbons (Fsp3) is 0.107. The van der Waals surface area contributed by atoms with Crippen LogP contribution < -0.4 is 24.9 Å². The standard InChI is InChI=1S/C28H22IN3O3S/c1-17-24(26(33)31-21-9-4-3-5-10-21)25(19-11-13-22(35-2)14-12-19)32-27(34)23(36-28(32)30-17)16-18-7-6-8-20(29)15-18/h3-16,25H,1-2H3,(H,31,33)/b23-16+/t25-/m1/s1. The van der Waals surface area contributed by atoms with E-state index in [0.29, 0.717) is 32.0 Å². The Hall–Kier alpha value is -3.50. The van der Waals surface area contributed by atoms with Crippen LogP contribution in [0.2, 0.25) is 0 Å². The Morgan fingerprint density at radius 2 is 1.83 bits per heavy atom. The van der Waals surface area contributed by atoms with E-state index in [1.807, 2.05) is 91.9 Å². The number of amides is 1. The van der Waals surface area contributed by atoms with Gasteiger partial charge in [-0.1, -0.05) is 53.8 Å². The number of hydrogen-bond donors (Lipinski definition) is 1. The molecule has 0 saturated carbocycles. The lowest BCUT2D eigenvalue weighted by Crippen LogP contribution is -2.40. The molecular weight excluding hydrogens is 585 g/mol. The zero-order chi connectivity index (χ0) is 25.2. The highest BCUT2D eigenvalue weighted by molar-refractivity contribution is 14.1. The number of fused-ring (bicyclic) bond motifs is 1. The first kappa shape index (κ1) is 24.2. The first-order valence-corrected chi connectivity index (χ1v) is 13.1. The van der Waals surface area contributed by atoms with Crippen molar-refractivity contribution in [2.75, 3.05) is 12.4 Å². The molecule has 3 aromatic carbocycles. The highest BCUT2D eigenvalue weighted by Crippen LogP contribution is 2.31. The second-order valence-corrected chi connectivity index (χ2v) is 10.5. The van der Waals surface area contributed by atoms with Gasteiger partial charge in [-0.2, -0.15) is 0 Å². The lowest BCUT2D eigenvalue weighted by molar-refractivity contribution is -0.113. The number of carbonyl (C=O) groups is 1. The van der Waals surface area contributed by atoms with Crippen molar-refractivity contribution in [3.8, 4) is 5.75 Å². The van der Waals surface area contributed by atoms with Crippen molar-refractivity contribution in [3.05, 3.63) is 125 Å². The molecule has 0 aliphatic carbocycles. The molecule has 0 radical (unpaired) electrons. The molecule has 0 fully saturated rings. The Kier molecular flexibility index (Phi) is 6.88. The van der Waals surface area contributed by atoms with Gasteiger partial charge in [0.2, 0.25) is 0 Å². The molecule has 2 heterocycles. The van der Waals surface area contributed by atoms with E-state index in [1.54, 1.807) is 11.7 Å². The molecule has 4 aromatic rings.